The molecular weight excluding hydrogens is 316 g/mol. The second-order valence-corrected chi connectivity index (χ2v) is 7.25. The maximum Gasteiger partial charge on any atom is 0.373 e. The van der Waals surface area contributed by atoms with Gasteiger partial charge in [-0.25, -0.2) is 4.79 Å². The van der Waals surface area contributed by atoms with Gasteiger partial charge in [0.05, 0.1) is 5.56 Å². The SMILES string of the molecule is Cc1cc(C)c(C(=O)c2ccc(C(=O)OOC(C)(C)C)cc2)c(C)c1. The van der Waals surface area contributed by atoms with E-state index in [4.69, 9.17) is 9.78 Å². The zero-order valence-electron chi connectivity index (χ0n) is 15.6. The first-order valence-electron chi connectivity index (χ1n) is 8.21. The van der Waals surface area contributed by atoms with E-state index in [1.54, 1.807) is 45.0 Å². The molecule has 0 radical (unpaired) electrons. The average Bonchev–Trinajstić information content (AvgIpc) is 2.51. The molecule has 2 aromatic carbocycles. The van der Waals surface area contributed by atoms with Gasteiger partial charge in [-0.05, 0) is 64.8 Å². The van der Waals surface area contributed by atoms with Crippen molar-refractivity contribution < 1.29 is 19.4 Å². The van der Waals surface area contributed by atoms with Crippen molar-refractivity contribution in [2.75, 3.05) is 0 Å². The maximum atomic E-state index is 12.8. The van der Waals surface area contributed by atoms with Crippen LogP contribution in [0, 0.1) is 20.8 Å². The van der Waals surface area contributed by atoms with E-state index in [0.29, 0.717) is 16.7 Å². The maximum absolute atomic E-state index is 12.8. The van der Waals surface area contributed by atoms with Crippen LogP contribution < -0.4 is 0 Å². The highest BCUT2D eigenvalue weighted by atomic mass is 17.2. The van der Waals surface area contributed by atoms with Crippen LogP contribution in [0.1, 0.15) is 63.7 Å². The lowest BCUT2D eigenvalue weighted by atomic mass is 9.93. The van der Waals surface area contributed by atoms with Crippen molar-refractivity contribution in [3.05, 3.63) is 69.8 Å². The van der Waals surface area contributed by atoms with E-state index in [1.807, 2.05) is 32.9 Å². The van der Waals surface area contributed by atoms with Gasteiger partial charge in [0, 0.05) is 11.1 Å². The van der Waals surface area contributed by atoms with Gasteiger partial charge in [-0.1, -0.05) is 29.8 Å². The number of hydrogen-bond donors (Lipinski definition) is 0. The lowest BCUT2D eigenvalue weighted by Crippen LogP contribution is -2.22. The molecule has 25 heavy (non-hydrogen) atoms. The van der Waals surface area contributed by atoms with Gasteiger partial charge in [0.15, 0.2) is 5.78 Å². The van der Waals surface area contributed by atoms with Crippen molar-refractivity contribution in [3.63, 3.8) is 0 Å². The van der Waals surface area contributed by atoms with Crippen LogP contribution >= 0.6 is 0 Å². The van der Waals surface area contributed by atoms with Gasteiger partial charge in [-0.3, -0.25) is 9.68 Å². The van der Waals surface area contributed by atoms with E-state index >= 15 is 0 Å². The quantitative estimate of drug-likeness (QED) is 0.459. The van der Waals surface area contributed by atoms with Crippen LogP contribution in [0.25, 0.3) is 0 Å². The number of aryl methyl sites for hydroxylation is 3. The molecule has 0 saturated carbocycles. The van der Waals surface area contributed by atoms with Gasteiger partial charge in [0.2, 0.25) is 0 Å². The van der Waals surface area contributed by atoms with Crippen molar-refractivity contribution in [1.29, 1.82) is 0 Å². The van der Waals surface area contributed by atoms with Gasteiger partial charge in [0.1, 0.15) is 5.60 Å². The first kappa shape index (κ1) is 18.9. The van der Waals surface area contributed by atoms with Crippen LogP contribution in [0.5, 0.6) is 0 Å². The average molecular weight is 340 g/mol. The molecule has 4 heteroatoms. The standard InChI is InChI=1S/C21H24O4/c1-13-11-14(2)18(15(3)12-13)19(22)16-7-9-17(10-8-16)20(23)24-25-21(4,5)6/h7-12H,1-6H3. The summed E-state index contributed by atoms with van der Waals surface area (Å²) in [6.45, 7) is 11.2. The van der Waals surface area contributed by atoms with Crippen molar-refractivity contribution in [2.45, 2.75) is 47.1 Å². The zero-order valence-corrected chi connectivity index (χ0v) is 15.6. The van der Waals surface area contributed by atoms with E-state index in [-0.39, 0.29) is 5.78 Å². The summed E-state index contributed by atoms with van der Waals surface area (Å²) >= 11 is 0. The normalized spacial score (nSPS) is 11.3. The lowest BCUT2D eigenvalue weighted by Gasteiger charge is -2.16. The van der Waals surface area contributed by atoms with E-state index in [9.17, 15) is 9.59 Å². The topological polar surface area (TPSA) is 52.6 Å². The monoisotopic (exact) mass is 340 g/mol. The van der Waals surface area contributed by atoms with Gasteiger partial charge in [-0.2, -0.15) is 4.89 Å². The number of rotatable bonds is 4. The molecule has 0 spiro atoms. The predicted octanol–water partition coefficient (Wildman–Crippen LogP) is 4.73. The summed E-state index contributed by atoms with van der Waals surface area (Å²) in [6, 6.07) is 10.4. The fraction of sp³-hybridized carbons (Fsp3) is 0.333. The van der Waals surface area contributed by atoms with E-state index < -0.39 is 11.6 Å². The molecule has 0 heterocycles. The Balaban J connectivity index is 2.20. The minimum atomic E-state index is -0.586. The molecule has 0 aliphatic carbocycles. The minimum Gasteiger partial charge on any atom is -0.292 e. The molecule has 0 aliphatic heterocycles. The third kappa shape index (κ3) is 4.77. The van der Waals surface area contributed by atoms with Crippen LogP contribution in [0.15, 0.2) is 36.4 Å². The Kier molecular flexibility index (Phi) is 5.43. The predicted molar refractivity (Wildman–Crippen MR) is 96.8 cm³/mol. The Morgan fingerprint density at radius 2 is 1.32 bits per heavy atom. The first-order valence-corrected chi connectivity index (χ1v) is 8.21. The number of hydrogen-bond acceptors (Lipinski definition) is 4. The fourth-order valence-electron chi connectivity index (χ4n) is 2.65. The van der Waals surface area contributed by atoms with Crippen molar-refractivity contribution >= 4 is 11.8 Å². The highest BCUT2D eigenvalue weighted by Gasteiger charge is 2.18. The molecule has 0 amide bonds. The third-order valence-electron chi connectivity index (χ3n) is 3.65. The summed E-state index contributed by atoms with van der Waals surface area (Å²) in [5.41, 5.74) is 4.02. The third-order valence-corrected chi connectivity index (χ3v) is 3.65. The lowest BCUT2D eigenvalue weighted by molar-refractivity contribution is -0.301. The Bertz CT molecular complexity index is 773. The number of benzene rings is 2. The summed E-state index contributed by atoms with van der Waals surface area (Å²) < 4.78 is 0. The molecule has 0 saturated heterocycles. The molecule has 0 atom stereocenters. The smallest absolute Gasteiger partial charge is 0.292 e. The summed E-state index contributed by atoms with van der Waals surface area (Å²) in [5.74, 6) is -0.641. The highest BCUT2D eigenvalue weighted by molar-refractivity contribution is 6.11. The molecule has 0 bridgehead atoms. The molecule has 2 rings (SSSR count). The summed E-state index contributed by atoms with van der Waals surface area (Å²) in [7, 11) is 0. The van der Waals surface area contributed by atoms with Crippen LogP contribution in [-0.4, -0.2) is 17.4 Å². The Morgan fingerprint density at radius 3 is 1.80 bits per heavy atom. The number of carbonyl (C=O) groups excluding carboxylic acids is 2. The molecule has 0 aromatic heterocycles. The van der Waals surface area contributed by atoms with Gasteiger partial charge < -0.3 is 0 Å². The van der Waals surface area contributed by atoms with E-state index in [1.165, 1.54) is 0 Å². The molecule has 4 nitrogen and oxygen atoms in total. The molecule has 0 unspecified atom stereocenters. The Labute approximate surface area is 148 Å². The molecular formula is C21H24O4. The van der Waals surface area contributed by atoms with E-state index in [2.05, 4.69) is 0 Å². The van der Waals surface area contributed by atoms with Gasteiger partial charge in [-0.15, -0.1) is 0 Å². The van der Waals surface area contributed by atoms with Crippen LogP contribution in [0.4, 0.5) is 0 Å². The fourth-order valence-corrected chi connectivity index (χ4v) is 2.65. The Hall–Kier alpha value is -2.46. The summed E-state index contributed by atoms with van der Waals surface area (Å²) in [5, 5.41) is 0. The molecule has 132 valence electrons. The van der Waals surface area contributed by atoms with Crippen LogP contribution in [-0.2, 0) is 9.78 Å². The van der Waals surface area contributed by atoms with Crippen molar-refractivity contribution in [2.24, 2.45) is 0 Å². The summed E-state index contributed by atoms with van der Waals surface area (Å²) in [6.07, 6.45) is 0. The van der Waals surface area contributed by atoms with E-state index in [0.717, 1.165) is 16.7 Å². The van der Waals surface area contributed by atoms with Crippen LogP contribution in [0.2, 0.25) is 0 Å². The largest absolute Gasteiger partial charge is 0.373 e. The zero-order chi connectivity index (χ0) is 18.8. The number of carbonyl (C=O) groups is 2. The Morgan fingerprint density at radius 1 is 0.840 bits per heavy atom. The molecule has 0 aliphatic rings. The second-order valence-electron chi connectivity index (χ2n) is 7.25. The van der Waals surface area contributed by atoms with Crippen molar-refractivity contribution in [3.8, 4) is 0 Å². The van der Waals surface area contributed by atoms with Gasteiger partial charge >= 0.3 is 5.97 Å². The highest BCUT2D eigenvalue weighted by Crippen LogP contribution is 2.21. The molecule has 0 fully saturated rings. The van der Waals surface area contributed by atoms with Gasteiger partial charge in [0.25, 0.3) is 0 Å². The first-order chi connectivity index (χ1) is 11.6. The molecule has 2 aromatic rings. The molecule has 0 N–H and O–H groups in total. The van der Waals surface area contributed by atoms with Crippen LogP contribution in [0.3, 0.4) is 0 Å². The minimum absolute atomic E-state index is 0.0548. The number of ketones is 1. The van der Waals surface area contributed by atoms with Crippen molar-refractivity contribution in [1.82, 2.24) is 0 Å². The summed E-state index contributed by atoms with van der Waals surface area (Å²) in [4.78, 5) is 34.6. The second kappa shape index (κ2) is 7.19.